The summed E-state index contributed by atoms with van der Waals surface area (Å²) in [6.45, 7) is 0. The zero-order valence-corrected chi connectivity index (χ0v) is 19.9. The molecule has 35 heavy (non-hydrogen) atoms. The van der Waals surface area contributed by atoms with Crippen molar-refractivity contribution in [2.75, 3.05) is 5.32 Å². The molecule has 182 valence electrons. The predicted molar refractivity (Wildman–Crippen MR) is 122 cm³/mol. The highest BCUT2D eigenvalue weighted by Crippen LogP contribution is 2.43. The van der Waals surface area contributed by atoms with Gasteiger partial charge in [-0.05, 0) is 33.1 Å². The van der Waals surface area contributed by atoms with Crippen LogP contribution in [0.2, 0.25) is 0 Å². The number of carbonyl (C=O) groups is 2. The third kappa shape index (κ3) is 4.50. The van der Waals surface area contributed by atoms with E-state index in [0.29, 0.717) is 21.6 Å². The van der Waals surface area contributed by atoms with Gasteiger partial charge in [0.05, 0.1) is 10.2 Å². The van der Waals surface area contributed by atoms with Crippen LogP contribution < -0.4 is 11.1 Å². The number of halogens is 6. The van der Waals surface area contributed by atoms with Crippen molar-refractivity contribution in [3.63, 3.8) is 0 Å². The van der Waals surface area contributed by atoms with Gasteiger partial charge in [0, 0.05) is 12.4 Å². The largest absolute Gasteiger partial charge is 0.434 e. The normalized spacial score (nSPS) is 11.9. The number of hydrogen-bond donors (Lipinski definition) is 2. The van der Waals surface area contributed by atoms with Crippen LogP contribution in [0.1, 0.15) is 38.0 Å². The first kappa shape index (κ1) is 24.7. The van der Waals surface area contributed by atoms with Gasteiger partial charge in [0.2, 0.25) is 0 Å². The SMILES string of the molecule is Cn1nc(C(=O)Nc2c(C(N)=O)sc3nc(C(F)F)cc(-c4ccccc4)c23)c(Br)c1C(F)(F)F. The van der Waals surface area contributed by atoms with Crippen molar-refractivity contribution in [2.24, 2.45) is 12.8 Å². The highest BCUT2D eigenvalue weighted by molar-refractivity contribution is 9.10. The Balaban J connectivity index is 1.93. The summed E-state index contributed by atoms with van der Waals surface area (Å²) in [5.74, 6) is -2.07. The molecule has 2 amide bonds. The van der Waals surface area contributed by atoms with Crippen molar-refractivity contribution >= 4 is 55.0 Å². The lowest BCUT2D eigenvalue weighted by molar-refractivity contribution is -0.144. The maximum absolute atomic E-state index is 13.5. The van der Waals surface area contributed by atoms with Crippen LogP contribution >= 0.6 is 27.3 Å². The van der Waals surface area contributed by atoms with Crippen LogP contribution in [0.4, 0.5) is 27.6 Å². The van der Waals surface area contributed by atoms with E-state index in [1.165, 1.54) is 0 Å². The van der Waals surface area contributed by atoms with Crippen LogP contribution in [-0.2, 0) is 13.2 Å². The Labute approximate surface area is 205 Å². The van der Waals surface area contributed by atoms with E-state index in [2.05, 4.69) is 31.3 Å². The molecule has 3 N–H and O–H groups in total. The molecule has 0 aliphatic rings. The minimum absolute atomic E-state index is 0.0122. The summed E-state index contributed by atoms with van der Waals surface area (Å²) in [6, 6.07) is 9.40. The molecule has 0 atom stereocenters. The molecule has 0 saturated heterocycles. The quantitative estimate of drug-likeness (QED) is 0.296. The average Bonchev–Trinajstić information content (AvgIpc) is 3.30. The first-order chi connectivity index (χ1) is 16.4. The molecular formula is C21H13BrF5N5O2S. The summed E-state index contributed by atoms with van der Waals surface area (Å²) in [4.78, 5) is 28.8. The summed E-state index contributed by atoms with van der Waals surface area (Å²) in [5, 5.41) is 6.17. The molecule has 7 nitrogen and oxygen atoms in total. The molecule has 3 aromatic heterocycles. The van der Waals surface area contributed by atoms with E-state index in [-0.39, 0.29) is 26.3 Å². The van der Waals surface area contributed by atoms with E-state index in [1.54, 1.807) is 30.3 Å². The Morgan fingerprint density at radius 3 is 2.40 bits per heavy atom. The number of fused-ring (bicyclic) bond motifs is 1. The first-order valence-corrected chi connectivity index (χ1v) is 11.2. The molecule has 1 aromatic carbocycles. The van der Waals surface area contributed by atoms with E-state index in [9.17, 15) is 31.5 Å². The summed E-state index contributed by atoms with van der Waals surface area (Å²) in [7, 11) is 1.02. The Morgan fingerprint density at radius 1 is 1.20 bits per heavy atom. The van der Waals surface area contributed by atoms with E-state index >= 15 is 0 Å². The van der Waals surface area contributed by atoms with Gasteiger partial charge in [-0.2, -0.15) is 18.3 Å². The predicted octanol–water partition coefficient (Wildman–Crippen LogP) is 5.77. The number of carbonyl (C=O) groups excluding carboxylic acids is 2. The second-order valence-corrected chi connectivity index (χ2v) is 8.99. The van der Waals surface area contributed by atoms with Crippen molar-refractivity contribution in [1.29, 1.82) is 0 Å². The van der Waals surface area contributed by atoms with Gasteiger partial charge in [0.25, 0.3) is 18.2 Å². The van der Waals surface area contributed by atoms with Gasteiger partial charge in [-0.25, -0.2) is 13.8 Å². The van der Waals surface area contributed by atoms with Gasteiger partial charge in [-0.3, -0.25) is 14.3 Å². The molecular weight excluding hydrogens is 561 g/mol. The number of hydrogen-bond acceptors (Lipinski definition) is 5. The molecule has 0 aliphatic carbocycles. The fourth-order valence-corrected chi connectivity index (χ4v) is 5.25. The second-order valence-electron chi connectivity index (χ2n) is 7.20. The van der Waals surface area contributed by atoms with Crippen LogP contribution in [-0.4, -0.2) is 26.6 Å². The van der Waals surface area contributed by atoms with Crippen LogP contribution in [0.25, 0.3) is 21.3 Å². The van der Waals surface area contributed by atoms with Gasteiger partial charge >= 0.3 is 6.18 Å². The Hall–Kier alpha value is -3.39. The molecule has 0 fully saturated rings. The molecule has 0 unspecified atom stereocenters. The third-order valence-electron chi connectivity index (χ3n) is 4.93. The van der Waals surface area contributed by atoms with Crippen LogP contribution in [0.5, 0.6) is 0 Å². The highest BCUT2D eigenvalue weighted by Gasteiger charge is 2.40. The van der Waals surface area contributed by atoms with Gasteiger partial charge in [-0.1, -0.05) is 30.3 Å². The van der Waals surface area contributed by atoms with Gasteiger partial charge in [-0.15, -0.1) is 11.3 Å². The molecule has 0 aliphatic heterocycles. The third-order valence-corrected chi connectivity index (χ3v) is 6.77. The molecule has 0 spiro atoms. The molecule has 0 saturated carbocycles. The summed E-state index contributed by atoms with van der Waals surface area (Å²) >= 11 is 3.44. The average molecular weight is 574 g/mol. The Bertz CT molecular complexity index is 1470. The standard InChI is InChI=1S/C21H13BrF5N5O2S/c1-32-16(21(25,26)27)12(22)14(31-32)19(34)30-13-11-9(8-5-3-2-4-6-8)7-10(17(23)24)29-20(11)35-15(13)18(28)33/h2-7,17H,1H3,(H2,28,33)(H,30,34). The van der Waals surface area contributed by atoms with Crippen molar-refractivity contribution in [3.05, 3.63) is 62.8 Å². The van der Waals surface area contributed by atoms with Crippen LogP contribution in [0.15, 0.2) is 40.9 Å². The molecule has 14 heteroatoms. The second kappa shape index (κ2) is 9.00. The van der Waals surface area contributed by atoms with Gasteiger partial charge in [0.15, 0.2) is 11.4 Å². The van der Waals surface area contributed by atoms with E-state index < -0.39 is 46.0 Å². The minimum atomic E-state index is -4.80. The number of nitrogens with two attached hydrogens (primary N) is 1. The zero-order chi connectivity index (χ0) is 25.7. The lowest BCUT2D eigenvalue weighted by Gasteiger charge is -2.10. The van der Waals surface area contributed by atoms with Crippen molar-refractivity contribution in [3.8, 4) is 11.1 Å². The lowest BCUT2D eigenvalue weighted by Crippen LogP contribution is -2.17. The van der Waals surface area contributed by atoms with Gasteiger partial charge < -0.3 is 11.1 Å². The molecule has 3 heterocycles. The molecule has 4 aromatic rings. The zero-order valence-electron chi connectivity index (χ0n) is 17.5. The molecule has 0 bridgehead atoms. The Kier molecular flexibility index (Phi) is 6.36. The number of rotatable bonds is 5. The lowest BCUT2D eigenvalue weighted by atomic mass is 10.0. The maximum Gasteiger partial charge on any atom is 0.434 e. The number of thiophene rings is 1. The number of pyridine rings is 1. The van der Waals surface area contributed by atoms with E-state index in [1.807, 2.05) is 0 Å². The van der Waals surface area contributed by atoms with E-state index in [4.69, 9.17) is 5.73 Å². The number of benzene rings is 1. The van der Waals surface area contributed by atoms with Crippen molar-refractivity contribution in [2.45, 2.75) is 12.6 Å². The summed E-state index contributed by atoms with van der Waals surface area (Å²) in [6.07, 6.45) is -7.73. The van der Waals surface area contributed by atoms with Crippen LogP contribution in [0, 0.1) is 0 Å². The number of nitrogens with one attached hydrogen (secondary N) is 1. The smallest absolute Gasteiger partial charge is 0.365 e. The maximum atomic E-state index is 13.5. The number of nitrogens with zero attached hydrogens (tertiary/aromatic N) is 3. The fraction of sp³-hybridized carbons (Fsp3) is 0.143. The summed E-state index contributed by atoms with van der Waals surface area (Å²) in [5.41, 5.74) is 3.64. The number of aryl methyl sites for hydroxylation is 1. The van der Waals surface area contributed by atoms with Crippen molar-refractivity contribution < 1.29 is 31.5 Å². The number of anilines is 1. The fourth-order valence-electron chi connectivity index (χ4n) is 3.49. The number of amides is 2. The summed E-state index contributed by atoms with van der Waals surface area (Å²) < 4.78 is 67.0. The number of aromatic nitrogens is 3. The van der Waals surface area contributed by atoms with Gasteiger partial charge in [0.1, 0.15) is 15.4 Å². The number of primary amides is 1. The van der Waals surface area contributed by atoms with Crippen LogP contribution in [0.3, 0.4) is 0 Å². The Morgan fingerprint density at radius 2 is 1.86 bits per heavy atom. The molecule has 0 radical (unpaired) electrons. The topological polar surface area (TPSA) is 103 Å². The first-order valence-electron chi connectivity index (χ1n) is 9.62. The number of alkyl halides is 5. The monoisotopic (exact) mass is 573 g/mol. The highest BCUT2D eigenvalue weighted by atomic mass is 79.9. The van der Waals surface area contributed by atoms with E-state index in [0.717, 1.165) is 13.1 Å². The van der Waals surface area contributed by atoms with Crippen molar-refractivity contribution in [1.82, 2.24) is 14.8 Å². The molecule has 4 rings (SSSR count). The minimum Gasteiger partial charge on any atom is -0.365 e.